The van der Waals surface area contributed by atoms with E-state index in [0.717, 1.165) is 6.42 Å². The van der Waals surface area contributed by atoms with Crippen molar-refractivity contribution in [2.45, 2.75) is 19.9 Å². The van der Waals surface area contributed by atoms with Crippen LogP contribution in [0, 0.1) is 32.8 Å². The maximum Gasteiger partial charge on any atom is 0.292 e. The summed E-state index contributed by atoms with van der Waals surface area (Å²) in [5.41, 5.74) is 1.18. The van der Waals surface area contributed by atoms with Crippen molar-refractivity contribution in [3.05, 3.63) is 33.9 Å². The van der Waals surface area contributed by atoms with Crippen LogP contribution in [0.15, 0.2) is 18.2 Å². The summed E-state index contributed by atoms with van der Waals surface area (Å²) in [6.45, 7) is 3.11. The van der Waals surface area contributed by atoms with E-state index in [1.54, 1.807) is 17.0 Å². The Morgan fingerprint density at radius 2 is 2.00 bits per heavy atom. The molecule has 0 saturated carbocycles. The molecule has 0 spiro atoms. The molecule has 0 aliphatic carbocycles. The van der Waals surface area contributed by atoms with Crippen LogP contribution in [0.3, 0.4) is 0 Å². The van der Waals surface area contributed by atoms with Crippen LogP contribution >= 0.6 is 0 Å². The number of nitro benzene ring substituents is 1. The van der Waals surface area contributed by atoms with Crippen molar-refractivity contribution < 1.29 is 4.92 Å². The normalized spacial score (nSPS) is 9.90. The van der Waals surface area contributed by atoms with Gasteiger partial charge in [0.1, 0.15) is 5.69 Å². The van der Waals surface area contributed by atoms with Gasteiger partial charge in [-0.3, -0.25) is 15.0 Å². The van der Waals surface area contributed by atoms with Crippen LogP contribution in [0.2, 0.25) is 0 Å². The van der Waals surface area contributed by atoms with Gasteiger partial charge in [0.25, 0.3) is 5.69 Å². The van der Waals surface area contributed by atoms with E-state index in [1.807, 2.05) is 19.1 Å². The van der Waals surface area contributed by atoms with E-state index in [4.69, 9.17) is 10.5 Å². The van der Waals surface area contributed by atoms with E-state index in [-0.39, 0.29) is 18.8 Å². The lowest BCUT2D eigenvalue weighted by Crippen LogP contribution is -2.24. The number of para-hydroxylation sites is 1. The van der Waals surface area contributed by atoms with Crippen LogP contribution in [-0.2, 0) is 6.54 Å². The van der Waals surface area contributed by atoms with Crippen LogP contribution in [0.1, 0.15) is 18.9 Å². The molecular weight excluding hydrogens is 270 g/mol. The summed E-state index contributed by atoms with van der Waals surface area (Å²) < 4.78 is 0. The summed E-state index contributed by atoms with van der Waals surface area (Å²) in [7, 11) is 0. The minimum Gasteiger partial charge on any atom is -0.379 e. The van der Waals surface area contributed by atoms with Gasteiger partial charge in [0.2, 0.25) is 0 Å². The summed E-state index contributed by atoms with van der Waals surface area (Å²) >= 11 is 0. The lowest BCUT2D eigenvalue weighted by molar-refractivity contribution is -0.384. The molecule has 1 N–H and O–H groups in total. The number of nitriles is 2. The van der Waals surface area contributed by atoms with Crippen molar-refractivity contribution in [2.75, 3.05) is 25.0 Å². The number of nitrogens with one attached hydrogen (secondary N) is 1. The molecule has 0 unspecified atom stereocenters. The first-order valence-corrected chi connectivity index (χ1v) is 6.60. The van der Waals surface area contributed by atoms with E-state index in [0.29, 0.717) is 24.3 Å². The van der Waals surface area contributed by atoms with Crippen molar-refractivity contribution in [3.8, 4) is 12.1 Å². The van der Waals surface area contributed by atoms with Gasteiger partial charge in [-0.1, -0.05) is 19.1 Å². The molecule has 0 fully saturated rings. The zero-order valence-electron chi connectivity index (χ0n) is 11.9. The minimum absolute atomic E-state index is 0.00909. The van der Waals surface area contributed by atoms with Crippen molar-refractivity contribution in [1.29, 1.82) is 10.5 Å². The second kappa shape index (κ2) is 8.51. The minimum atomic E-state index is -0.430. The van der Waals surface area contributed by atoms with Gasteiger partial charge in [0, 0.05) is 19.2 Å². The monoisotopic (exact) mass is 287 g/mol. The van der Waals surface area contributed by atoms with Crippen LogP contribution in [0.25, 0.3) is 0 Å². The largest absolute Gasteiger partial charge is 0.379 e. The molecule has 0 heterocycles. The zero-order chi connectivity index (χ0) is 15.7. The molecule has 0 bridgehead atoms. The van der Waals surface area contributed by atoms with E-state index in [9.17, 15) is 10.1 Å². The molecule has 0 aromatic heterocycles. The van der Waals surface area contributed by atoms with E-state index in [2.05, 4.69) is 5.32 Å². The van der Waals surface area contributed by atoms with Gasteiger partial charge in [0.15, 0.2) is 0 Å². The van der Waals surface area contributed by atoms with Gasteiger partial charge in [-0.2, -0.15) is 10.5 Å². The maximum atomic E-state index is 11.1. The SMILES string of the molecule is CCCNc1c(CN(CC#N)CC#N)cccc1[N+](=O)[O-]. The van der Waals surface area contributed by atoms with Crippen molar-refractivity contribution in [1.82, 2.24) is 4.90 Å². The maximum absolute atomic E-state index is 11.1. The van der Waals surface area contributed by atoms with Gasteiger partial charge in [-0.15, -0.1) is 0 Å². The molecule has 1 rings (SSSR count). The average molecular weight is 287 g/mol. The smallest absolute Gasteiger partial charge is 0.292 e. The van der Waals surface area contributed by atoms with Gasteiger partial charge < -0.3 is 5.32 Å². The third-order valence-corrected chi connectivity index (χ3v) is 2.86. The third-order valence-electron chi connectivity index (χ3n) is 2.86. The molecule has 1 aromatic rings. The first-order valence-electron chi connectivity index (χ1n) is 6.60. The predicted molar refractivity (Wildman–Crippen MR) is 78.4 cm³/mol. The highest BCUT2D eigenvalue weighted by atomic mass is 16.6. The molecule has 110 valence electrons. The summed E-state index contributed by atoms with van der Waals surface area (Å²) in [5, 5.41) is 31.7. The number of benzene rings is 1. The Balaban J connectivity index is 3.09. The van der Waals surface area contributed by atoms with Crippen molar-refractivity contribution in [3.63, 3.8) is 0 Å². The zero-order valence-corrected chi connectivity index (χ0v) is 11.9. The molecule has 7 heteroatoms. The highest BCUT2D eigenvalue weighted by molar-refractivity contribution is 5.66. The molecule has 0 aliphatic heterocycles. The fourth-order valence-electron chi connectivity index (χ4n) is 1.93. The Kier molecular flexibility index (Phi) is 6.66. The third kappa shape index (κ3) is 4.75. The Labute approximate surface area is 123 Å². The summed E-state index contributed by atoms with van der Waals surface area (Å²) in [6.07, 6.45) is 0.839. The standard InChI is InChI=1S/C14H17N5O2/c1-2-8-17-14-12(4-3-5-13(14)19(20)21)11-18(9-6-15)10-7-16/h3-5,17H,2,8-11H2,1H3. The molecular formula is C14H17N5O2. The Morgan fingerprint density at radius 1 is 1.33 bits per heavy atom. The molecule has 0 radical (unpaired) electrons. The fraction of sp³-hybridized carbons (Fsp3) is 0.429. The van der Waals surface area contributed by atoms with Crippen molar-refractivity contribution >= 4 is 11.4 Å². The molecule has 21 heavy (non-hydrogen) atoms. The molecule has 0 saturated heterocycles. The van der Waals surface area contributed by atoms with Crippen LogP contribution in [-0.4, -0.2) is 29.5 Å². The van der Waals surface area contributed by atoms with E-state index < -0.39 is 4.92 Å². The summed E-state index contributed by atoms with van der Waals surface area (Å²) in [5.74, 6) is 0. The second-order valence-corrected chi connectivity index (χ2v) is 4.46. The Morgan fingerprint density at radius 3 is 2.52 bits per heavy atom. The molecule has 1 aromatic carbocycles. The second-order valence-electron chi connectivity index (χ2n) is 4.46. The molecule has 0 aliphatic rings. The highest BCUT2D eigenvalue weighted by Gasteiger charge is 2.18. The van der Waals surface area contributed by atoms with Gasteiger partial charge in [0.05, 0.1) is 30.2 Å². The van der Waals surface area contributed by atoms with Gasteiger partial charge in [-0.05, 0) is 12.0 Å². The highest BCUT2D eigenvalue weighted by Crippen LogP contribution is 2.29. The Hall–Kier alpha value is -2.64. The first kappa shape index (κ1) is 16.4. The quantitative estimate of drug-likeness (QED) is 0.446. The number of hydrogen-bond donors (Lipinski definition) is 1. The topological polar surface area (TPSA) is 106 Å². The average Bonchev–Trinajstić information content (AvgIpc) is 2.46. The fourth-order valence-corrected chi connectivity index (χ4v) is 1.93. The lowest BCUT2D eigenvalue weighted by Gasteiger charge is -2.18. The molecule has 0 amide bonds. The Bertz CT molecular complexity index is 558. The van der Waals surface area contributed by atoms with E-state index >= 15 is 0 Å². The van der Waals surface area contributed by atoms with Crippen LogP contribution < -0.4 is 5.32 Å². The van der Waals surface area contributed by atoms with Crippen LogP contribution in [0.5, 0.6) is 0 Å². The number of anilines is 1. The number of rotatable bonds is 8. The number of nitro groups is 1. The summed E-state index contributed by atoms with van der Waals surface area (Å²) in [6, 6.07) is 8.81. The molecule has 7 nitrogen and oxygen atoms in total. The lowest BCUT2D eigenvalue weighted by atomic mass is 10.1. The van der Waals surface area contributed by atoms with Crippen LogP contribution in [0.4, 0.5) is 11.4 Å². The van der Waals surface area contributed by atoms with Gasteiger partial charge >= 0.3 is 0 Å². The first-order chi connectivity index (χ1) is 10.1. The number of nitrogens with zero attached hydrogens (tertiary/aromatic N) is 4. The summed E-state index contributed by atoms with van der Waals surface area (Å²) in [4.78, 5) is 12.3. The predicted octanol–water partition coefficient (Wildman–Crippen LogP) is 2.27. The molecule has 0 atom stereocenters. The van der Waals surface area contributed by atoms with Crippen molar-refractivity contribution in [2.24, 2.45) is 0 Å². The number of hydrogen-bond acceptors (Lipinski definition) is 6. The van der Waals surface area contributed by atoms with Gasteiger partial charge in [-0.25, -0.2) is 0 Å². The van der Waals surface area contributed by atoms with E-state index in [1.165, 1.54) is 6.07 Å².